The lowest BCUT2D eigenvalue weighted by Crippen LogP contribution is -2.29. The predicted octanol–water partition coefficient (Wildman–Crippen LogP) is 4.42. The molecule has 0 aliphatic carbocycles. The summed E-state index contributed by atoms with van der Waals surface area (Å²) in [5.74, 6) is 0.223. The van der Waals surface area contributed by atoms with Crippen LogP contribution in [0.15, 0.2) is 53.3 Å². The highest BCUT2D eigenvalue weighted by atomic mass is 35.5. The van der Waals surface area contributed by atoms with Crippen LogP contribution in [0.5, 0.6) is 0 Å². The van der Waals surface area contributed by atoms with Gasteiger partial charge in [-0.15, -0.1) is 0 Å². The maximum Gasteiger partial charge on any atom is 0.258 e. The summed E-state index contributed by atoms with van der Waals surface area (Å²) >= 11 is 6.06. The van der Waals surface area contributed by atoms with Crippen LogP contribution in [0, 0.1) is 0 Å². The number of amides is 1. The first kappa shape index (κ1) is 20.6. The van der Waals surface area contributed by atoms with Crippen LogP contribution in [-0.2, 0) is 6.54 Å². The Labute approximate surface area is 181 Å². The molecule has 2 heterocycles. The molecule has 0 bridgehead atoms. The minimum Gasteiger partial charge on any atom is -0.317 e. The lowest BCUT2D eigenvalue weighted by Gasteiger charge is -2.26. The molecule has 2 aromatic carbocycles. The number of hydrogen-bond donors (Lipinski definition) is 1. The Morgan fingerprint density at radius 1 is 1.17 bits per heavy atom. The molecule has 4 rings (SSSR count). The number of benzene rings is 2. The molecule has 1 saturated heterocycles. The van der Waals surface area contributed by atoms with E-state index >= 15 is 0 Å². The van der Waals surface area contributed by atoms with Gasteiger partial charge in [-0.2, -0.15) is 0 Å². The Hall–Kier alpha value is -2.63. The zero-order valence-corrected chi connectivity index (χ0v) is 18.1. The number of nitrogens with zero attached hydrogens (tertiary/aromatic N) is 2. The maximum absolute atomic E-state index is 13.0. The van der Waals surface area contributed by atoms with Crippen LogP contribution < -0.4 is 15.8 Å². The van der Waals surface area contributed by atoms with Gasteiger partial charge in [-0.25, -0.2) is 0 Å². The molecule has 0 unspecified atom stereocenters. The number of anilines is 1. The first-order valence-electron chi connectivity index (χ1n) is 10.4. The van der Waals surface area contributed by atoms with E-state index in [0.717, 1.165) is 48.1 Å². The largest absolute Gasteiger partial charge is 0.317 e. The normalized spacial score (nSPS) is 14.8. The zero-order chi connectivity index (χ0) is 21.3. The smallest absolute Gasteiger partial charge is 0.258 e. The van der Waals surface area contributed by atoms with Gasteiger partial charge in [-0.1, -0.05) is 17.7 Å². The maximum atomic E-state index is 13.0. The van der Waals surface area contributed by atoms with Crippen LogP contribution in [0.2, 0.25) is 5.02 Å². The van der Waals surface area contributed by atoms with Crippen LogP contribution in [0.25, 0.3) is 10.9 Å². The predicted molar refractivity (Wildman–Crippen MR) is 123 cm³/mol. The highest BCUT2D eigenvalue weighted by Crippen LogP contribution is 2.33. The molecular formula is C24H26ClN3O2. The number of carbonyl (C=O) groups excluding carboxylic acids is 1. The summed E-state index contributed by atoms with van der Waals surface area (Å²) < 4.78 is 1.79. The summed E-state index contributed by atoms with van der Waals surface area (Å²) in [4.78, 5) is 27.4. The summed E-state index contributed by atoms with van der Waals surface area (Å²) in [6.45, 7) is 4.50. The Kier molecular flexibility index (Phi) is 5.93. The third-order valence-corrected chi connectivity index (χ3v) is 6.22. The van der Waals surface area contributed by atoms with Crippen molar-refractivity contribution in [1.29, 1.82) is 0 Å². The van der Waals surface area contributed by atoms with Gasteiger partial charge in [0.1, 0.15) is 0 Å². The monoisotopic (exact) mass is 423 g/mol. The molecule has 156 valence electrons. The van der Waals surface area contributed by atoms with Gasteiger partial charge in [0.25, 0.3) is 11.5 Å². The Morgan fingerprint density at radius 2 is 1.93 bits per heavy atom. The summed E-state index contributed by atoms with van der Waals surface area (Å²) in [6, 6.07) is 14.7. The molecule has 6 heteroatoms. The van der Waals surface area contributed by atoms with E-state index in [1.165, 1.54) is 0 Å². The van der Waals surface area contributed by atoms with Crippen molar-refractivity contribution in [2.75, 3.05) is 25.0 Å². The molecular weight excluding hydrogens is 398 g/mol. The molecule has 1 fully saturated rings. The number of carbonyl (C=O) groups is 1. The van der Waals surface area contributed by atoms with Crippen molar-refractivity contribution in [3.63, 3.8) is 0 Å². The molecule has 1 aliphatic rings. The molecule has 1 amide bonds. The van der Waals surface area contributed by atoms with E-state index in [1.807, 2.05) is 25.1 Å². The third kappa shape index (κ3) is 3.87. The van der Waals surface area contributed by atoms with Crippen molar-refractivity contribution in [3.05, 3.63) is 75.0 Å². The summed E-state index contributed by atoms with van der Waals surface area (Å²) in [5, 5.41) is 4.97. The number of halogens is 1. The summed E-state index contributed by atoms with van der Waals surface area (Å²) in [7, 11) is 1.77. The second kappa shape index (κ2) is 8.62. The minimum absolute atomic E-state index is 0.0367. The highest BCUT2D eigenvalue weighted by Gasteiger charge is 2.21. The van der Waals surface area contributed by atoms with Gasteiger partial charge < -0.3 is 14.8 Å². The van der Waals surface area contributed by atoms with Gasteiger partial charge in [0.15, 0.2) is 0 Å². The van der Waals surface area contributed by atoms with Crippen LogP contribution in [0.1, 0.15) is 41.6 Å². The fourth-order valence-electron chi connectivity index (χ4n) is 4.34. The Bertz CT molecular complexity index is 1150. The molecule has 1 N–H and O–H groups in total. The number of rotatable bonds is 4. The van der Waals surface area contributed by atoms with Crippen molar-refractivity contribution < 1.29 is 4.79 Å². The van der Waals surface area contributed by atoms with Gasteiger partial charge in [0, 0.05) is 41.3 Å². The van der Waals surface area contributed by atoms with Crippen molar-refractivity contribution in [2.45, 2.75) is 32.2 Å². The van der Waals surface area contributed by atoms with Gasteiger partial charge in [0.2, 0.25) is 0 Å². The zero-order valence-electron chi connectivity index (χ0n) is 17.3. The lowest BCUT2D eigenvalue weighted by molar-refractivity contribution is 0.0993. The van der Waals surface area contributed by atoms with E-state index in [2.05, 4.69) is 5.32 Å². The molecule has 0 saturated carbocycles. The molecule has 0 radical (unpaired) electrons. The standard InChI is InChI=1S/C24H26ClN3O2/c1-3-28-22-8-7-19(27(2)24(30)17-5-4-6-18(25)13-17)14-21(22)20(15-23(28)29)16-9-11-26-12-10-16/h4-8,13-16,26H,3,9-12H2,1-2H3. The van der Waals surface area contributed by atoms with E-state index in [-0.39, 0.29) is 11.5 Å². The van der Waals surface area contributed by atoms with Crippen LogP contribution in [0.3, 0.4) is 0 Å². The number of hydrogen-bond acceptors (Lipinski definition) is 3. The molecule has 1 aromatic heterocycles. The molecule has 1 aliphatic heterocycles. The van der Waals surface area contributed by atoms with Crippen molar-refractivity contribution >= 4 is 34.1 Å². The van der Waals surface area contributed by atoms with Gasteiger partial charge in [-0.3, -0.25) is 9.59 Å². The van der Waals surface area contributed by atoms with Crippen molar-refractivity contribution in [1.82, 2.24) is 9.88 Å². The van der Waals surface area contributed by atoms with Gasteiger partial charge in [-0.05, 0) is 80.7 Å². The number of piperidine rings is 1. The fourth-order valence-corrected chi connectivity index (χ4v) is 4.53. The van der Waals surface area contributed by atoms with Crippen LogP contribution >= 0.6 is 11.6 Å². The van der Waals surface area contributed by atoms with E-state index in [9.17, 15) is 9.59 Å². The average Bonchev–Trinajstić information content (AvgIpc) is 2.78. The second-order valence-corrected chi connectivity index (χ2v) is 8.22. The fraction of sp³-hybridized carbons (Fsp3) is 0.333. The second-order valence-electron chi connectivity index (χ2n) is 7.78. The van der Waals surface area contributed by atoms with E-state index in [0.29, 0.717) is 23.0 Å². The molecule has 3 aromatic rings. The Balaban J connectivity index is 1.81. The molecule has 30 heavy (non-hydrogen) atoms. The van der Waals surface area contributed by atoms with Crippen molar-refractivity contribution in [2.24, 2.45) is 0 Å². The minimum atomic E-state index is -0.121. The number of nitrogens with one attached hydrogen (secondary N) is 1. The quantitative estimate of drug-likeness (QED) is 0.675. The lowest BCUT2D eigenvalue weighted by atomic mass is 9.88. The number of pyridine rings is 1. The molecule has 0 atom stereocenters. The SMILES string of the molecule is CCn1c(=O)cc(C2CCNCC2)c2cc(N(C)C(=O)c3cccc(Cl)c3)ccc21. The summed E-state index contributed by atoms with van der Waals surface area (Å²) in [5.41, 5.74) is 3.39. The van der Waals surface area contributed by atoms with Crippen molar-refractivity contribution in [3.8, 4) is 0 Å². The topological polar surface area (TPSA) is 54.3 Å². The van der Waals surface area contributed by atoms with Crippen LogP contribution in [0.4, 0.5) is 5.69 Å². The Morgan fingerprint density at radius 3 is 2.63 bits per heavy atom. The first-order chi connectivity index (χ1) is 14.5. The number of aryl methyl sites for hydroxylation is 1. The average molecular weight is 424 g/mol. The number of fused-ring (bicyclic) bond motifs is 1. The van der Waals surface area contributed by atoms with E-state index in [4.69, 9.17) is 11.6 Å². The van der Waals surface area contributed by atoms with Gasteiger partial charge >= 0.3 is 0 Å². The summed E-state index contributed by atoms with van der Waals surface area (Å²) in [6.07, 6.45) is 2.01. The van der Waals surface area contributed by atoms with Crippen LogP contribution in [-0.4, -0.2) is 30.6 Å². The third-order valence-electron chi connectivity index (χ3n) is 5.99. The van der Waals surface area contributed by atoms with E-state index in [1.54, 1.807) is 46.8 Å². The molecule has 5 nitrogen and oxygen atoms in total. The highest BCUT2D eigenvalue weighted by molar-refractivity contribution is 6.31. The van der Waals surface area contributed by atoms with Gasteiger partial charge in [0.05, 0.1) is 5.52 Å². The first-order valence-corrected chi connectivity index (χ1v) is 10.8. The van der Waals surface area contributed by atoms with E-state index < -0.39 is 0 Å². The molecule has 0 spiro atoms. The number of aromatic nitrogens is 1.